The molecule has 0 aliphatic heterocycles. The van der Waals surface area contributed by atoms with Gasteiger partial charge in [-0.25, -0.2) is 10.2 Å². The second kappa shape index (κ2) is 4.86. The third-order valence-corrected chi connectivity index (χ3v) is 2.24. The highest BCUT2D eigenvalue weighted by atomic mass is 35.5. The number of rotatable bonds is 2. The third-order valence-electron chi connectivity index (χ3n) is 1.50. The number of benzene rings is 1. The van der Waals surface area contributed by atoms with Crippen LogP contribution in [0.1, 0.15) is 5.56 Å². The molecule has 2 amide bonds. The lowest BCUT2D eigenvalue weighted by Gasteiger charge is -2.02. The summed E-state index contributed by atoms with van der Waals surface area (Å²) < 4.78 is 0. The summed E-state index contributed by atoms with van der Waals surface area (Å²) in [7, 11) is 0. The molecule has 7 heteroatoms. The van der Waals surface area contributed by atoms with Crippen molar-refractivity contribution >= 4 is 35.1 Å². The molecule has 0 atom stereocenters. The van der Waals surface area contributed by atoms with Crippen LogP contribution in [0.5, 0.6) is 0 Å². The molecule has 1 aromatic carbocycles. The first-order valence-electron chi connectivity index (χ1n) is 3.84. The number of nitrogens with two attached hydrogens (primary N) is 2. The van der Waals surface area contributed by atoms with E-state index in [1.165, 1.54) is 6.07 Å². The number of nitrogens with one attached hydrogen (secondary N) is 1. The molecule has 0 radical (unpaired) electrons. The highest BCUT2D eigenvalue weighted by molar-refractivity contribution is 6.42. The molecule has 1 aromatic rings. The molecule has 0 aliphatic carbocycles. The maximum atomic E-state index is 10.4. The van der Waals surface area contributed by atoms with Crippen molar-refractivity contribution in [3.05, 3.63) is 33.8 Å². The van der Waals surface area contributed by atoms with Gasteiger partial charge in [0.25, 0.3) is 0 Å². The molecule has 0 heterocycles. The van der Waals surface area contributed by atoms with Crippen molar-refractivity contribution < 1.29 is 4.79 Å². The van der Waals surface area contributed by atoms with Crippen LogP contribution in [0.3, 0.4) is 0 Å². The molecule has 0 saturated heterocycles. The van der Waals surface area contributed by atoms with E-state index < -0.39 is 6.03 Å². The van der Waals surface area contributed by atoms with Crippen LogP contribution in [0.2, 0.25) is 10.0 Å². The summed E-state index contributed by atoms with van der Waals surface area (Å²) in [5.41, 5.74) is 12.9. The van der Waals surface area contributed by atoms with Crippen LogP contribution in [0.25, 0.3) is 0 Å². The van der Waals surface area contributed by atoms with Crippen molar-refractivity contribution in [2.45, 2.75) is 0 Å². The Hall–Kier alpha value is -1.46. The third kappa shape index (κ3) is 3.30. The molecule has 0 aromatic heterocycles. The van der Waals surface area contributed by atoms with Gasteiger partial charge in [0.2, 0.25) is 0 Å². The molecule has 0 unspecified atom stereocenters. The Morgan fingerprint density at radius 2 is 1.93 bits per heavy atom. The van der Waals surface area contributed by atoms with Gasteiger partial charge in [0, 0.05) is 5.56 Å². The Morgan fingerprint density at radius 3 is 2.47 bits per heavy atom. The van der Waals surface area contributed by atoms with Gasteiger partial charge in [-0.2, -0.15) is 5.10 Å². The number of hydrogen-bond acceptors (Lipinski definition) is 2. The van der Waals surface area contributed by atoms with E-state index in [1.807, 2.05) is 5.43 Å². The molecule has 0 spiro atoms. The fourth-order valence-electron chi connectivity index (χ4n) is 0.835. The summed E-state index contributed by atoms with van der Waals surface area (Å²) in [6.45, 7) is 0. The average molecular weight is 247 g/mol. The lowest BCUT2D eigenvalue weighted by molar-refractivity contribution is 0.249. The van der Waals surface area contributed by atoms with Crippen molar-refractivity contribution in [2.75, 3.05) is 0 Å². The molecule has 5 N–H and O–H groups in total. The maximum Gasteiger partial charge on any atom is 0.332 e. The smallest absolute Gasteiger partial charge is 0.332 e. The second-order valence-corrected chi connectivity index (χ2v) is 3.42. The molecular formula is C8H8Cl2N4O. The standard InChI is InChI=1S/C8H8Cl2N4O/c9-5-2-1-4(3-6(5)10)7(11)13-14-8(12)15/h1-3H,(H2,11,13)(H3,12,14,15). The molecule has 0 bridgehead atoms. The Bertz CT molecular complexity index is 419. The summed E-state index contributed by atoms with van der Waals surface area (Å²) in [6, 6.07) is 3.94. The Kier molecular flexibility index (Phi) is 3.76. The normalized spacial score (nSPS) is 11.2. The summed E-state index contributed by atoms with van der Waals surface area (Å²) in [6.07, 6.45) is 0. The van der Waals surface area contributed by atoms with Gasteiger partial charge in [0.05, 0.1) is 10.0 Å². The number of halogens is 2. The van der Waals surface area contributed by atoms with E-state index >= 15 is 0 Å². The van der Waals surface area contributed by atoms with E-state index in [0.717, 1.165) is 0 Å². The summed E-state index contributed by atoms with van der Waals surface area (Å²) in [4.78, 5) is 10.4. The van der Waals surface area contributed by atoms with Crippen LogP contribution in [0.4, 0.5) is 4.79 Å². The predicted octanol–water partition coefficient (Wildman–Crippen LogP) is 1.28. The van der Waals surface area contributed by atoms with E-state index in [1.54, 1.807) is 12.1 Å². The quantitative estimate of drug-likeness (QED) is 0.417. The summed E-state index contributed by atoms with van der Waals surface area (Å²) in [5, 5.41) is 4.30. The molecule has 0 aliphatic rings. The molecule has 80 valence electrons. The van der Waals surface area contributed by atoms with E-state index in [-0.39, 0.29) is 5.84 Å². The molecule has 15 heavy (non-hydrogen) atoms. The lowest BCUT2D eigenvalue weighted by Crippen LogP contribution is -2.28. The molecule has 5 nitrogen and oxygen atoms in total. The van der Waals surface area contributed by atoms with Crippen LogP contribution in [-0.4, -0.2) is 11.9 Å². The number of hydrogen-bond donors (Lipinski definition) is 3. The van der Waals surface area contributed by atoms with Gasteiger partial charge in [-0.1, -0.05) is 23.2 Å². The zero-order valence-electron chi connectivity index (χ0n) is 7.50. The van der Waals surface area contributed by atoms with Crippen LogP contribution < -0.4 is 16.9 Å². The number of carbonyl (C=O) groups is 1. The van der Waals surface area contributed by atoms with Gasteiger partial charge < -0.3 is 11.5 Å². The van der Waals surface area contributed by atoms with Crippen LogP contribution in [0.15, 0.2) is 23.3 Å². The largest absolute Gasteiger partial charge is 0.382 e. The first-order chi connectivity index (χ1) is 7.00. The van der Waals surface area contributed by atoms with Gasteiger partial charge >= 0.3 is 6.03 Å². The van der Waals surface area contributed by atoms with Crippen molar-refractivity contribution in [1.29, 1.82) is 0 Å². The summed E-state index contributed by atoms with van der Waals surface area (Å²) in [5.74, 6) is 0.0902. The number of nitrogens with zero attached hydrogens (tertiary/aromatic N) is 1. The Labute approximate surface area is 96.0 Å². The Balaban J connectivity index is 2.91. The minimum Gasteiger partial charge on any atom is -0.382 e. The number of amidine groups is 1. The van der Waals surface area contributed by atoms with E-state index in [4.69, 9.17) is 34.7 Å². The topological polar surface area (TPSA) is 93.5 Å². The zero-order valence-corrected chi connectivity index (χ0v) is 9.01. The number of urea groups is 1. The van der Waals surface area contributed by atoms with Gasteiger partial charge in [0.1, 0.15) is 0 Å². The van der Waals surface area contributed by atoms with E-state index in [0.29, 0.717) is 15.6 Å². The predicted molar refractivity (Wildman–Crippen MR) is 59.9 cm³/mol. The Morgan fingerprint density at radius 1 is 1.27 bits per heavy atom. The van der Waals surface area contributed by atoms with Gasteiger partial charge in [-0.05, 0) is 18.2 Å². The van der Waals surface area contributed by atoms with Gasteiger partial charge in [0.15, 0.2) is 5.84 Å². The minimum absolute atomic E-state index is 0.0902. The number of carbonyl (C=O) groups excluding carboxylic acids is 1. The van der Waals surface area contributed by atoms with Crippen LogP contribution in [-0.2, 0) is 0 Å². The summed E-state index contributed by atoms with van der Waals surface area (Å²) >= 11 is 11.5. The van der Waals surface area contributed by atoms with Crippen LogP contribution in [0, 0.1) is 0 Å². The second-order valence-electron chi connectivity index (χ2n) is 2.60. The SMILES string of the molecule is NC(=O)N/N=C(/N)c1ccc(Cl)c(Cl)c1. The number of hydrazone groups is 1. The maximum absolute atomic E-state index is 10.4. The lowest BCUT2D eigenvalue weighted by atomic mass is 10.2. The zero-order chi connectivity index (χ0) is 11.4. The molecule has 1 rings (SSSR count). The highest BCUT2D eigenvalue weighted by Crippen LogP contribution is 2.22. The van der Waals surface area contributed by atoms with E-state index in [9.17, 15) is 4.79 Å². The van der Waals surface area contributed by atoms with Crippen molar-refractivity contribution in [1.82, 2.24) is 5.43 Å². The fraction of sp³-hybridized carbons (Fsp3) is 0. The first kappa shape index (κ1) is 11.6. The number of primary amides is 1. The minimum atomic E-state index is -0.794. The molecule has 0 fully saturated rings. The van der Waals surface area contributed by atoms with Crippen molar-refractivity contribution in [3.63, 3.8) is 0 Å². The number of amides is 2. The molecular weight excluding hydrogens is 239 g/mol. The fourth-order valence-corrected chi connectivity index (χ4v) is 1.13. The van der Waals surface area contributed by atoms with Gasteiger partial charge in [-0.15, -0.1) is 0 Å². The molecule has 0 saturated carbocycles. The van der Waals surface area contributed by atoms with E-state index in [2.05, 4.69) is 5.10 Å². The van der Waals surface area contributed by atoms with Crippen LogP contribution >= 0.6 is 23.2 Å². The average Bonchev–Trinajstić information content (AvgIpc) is 2.18. The first-order valence-corrected chi connectivity index (χ1v) is 4.60. The van der Waals surface area contributed by atoms with Crippen molar-refractivity contribution in [2.24, 2.45) is 16.6 Å². The highest BCUT2D eigenvalue weighted by Gasteiger charge is 2.03. The van der Waals surface area contributed by atoms with Crippen molar-refractivity contribution in [3.8, 4) is 0 Å². The van der Waals surface area contributed by atoms with Gasteiger partial charge in [-0.3, -0.25) is 0 Å². The monoisotopic (exact) mass is 246 g/mol.